The van der Waals surface area contributed by atoms with Crippen LogP contribution in [0.1, 0.15) is 29.0 Å². The van der Waals surface area contributed by atoms with Crippen LogP contribution in [0.25, 0.3) is 0 Å². The van der Waals surface area contributed by atoms with Gasteiger partial charge in [0.05, 0.1) is 6.61 Å². The first kappa shape index (κ1) is 11.5. The predicted molar refractivity (Wildman–Crippen MR) is 54.3 cm³/mol. The van der Waals surface area contributed by atoms with Crippen molar-refractivity contribution in [3.05, 3.63) is 34.9 Å². The molecule has 0 amide bonds. The van der Waals surface area contributed by atoms with Gasteiger partial charge in [-0.05, 0) is 36.0 Å². The van der Waals surface area contributed by atoms with E-state index in [1.54, 1.807) is 12.1 Å². The molecule has 1 aromatic rings. The fourth-order valence-corrected chi connectivity index (χ4v) is 2.21. The van der Waals surface area contributed by atoms with Gasteiger partial charge in [-0.2, -0.15) is 13.2 Å². The van der Waals surface area contributed by atoms with Gasteiger partial charge in [-0.1, -0.05) is 18.2 Å². The molecule has 0 radical (unpaired) electrons. The third-order valence-electron chi connectivity index (χ3n) is 3.10. The molecule has 88 valence electrons. The van der Waals surface area contributed by atoms with Crippen molar-refractivity contribution in [2.75, 3.05) is 6.61 Å². The second-order valence-electron chi connectivity index (χ2n) is 4.16. The maximum absolute atomic E-state index is 12.6. The van der Waals surface area contributed by atoms with E-state index in [-0.39, 0.29) is 5.56 Å². The molecule has 0 fully saturated rings. The van der Waals surface area contributed by atoms with Crippen molar-refractivity contribution < 1.29 is 18.3 Å². The number of aliphatic hydroxyl groups excluding tert-OH is 1. The molecule has 0 bridgehead atoms. The van der Waals surface area contributed by atoms with E-state index < -0.39 is 18.7 Å². The molecule has 0 spiro atoms. The number of hydrogen-bond acceptors (Lipinski definition) is 1. The minimum Gasteiger partial charge on any atom is -0.395 e. The minimum atomic E-state index is -4.37. The van der Waals surface area contributed by atoms with E-state index in [1.165, 1.54) is 6.07 Å². The van der Waals surface area contributed by atoms with Gasteiger partial charge >= 0.3 is 6.18 Å². The van der Waals surface area contributed by atoms with Crippen LogP contribution in [0, 0.1) is 0 Å². The van der Waals surface area contributed by atoms with Gasteiger partial charge in [0, 0.05) is 0 Å². The summed E-state index contributed by atoms with van der Waals surface area (Å²) >= 11 is 0. The second-order valence-corrected chi connectivity index (χ2v) is 4.16. The molecule has 1 N–H and O–H groups in total. The number of alkyl halides is 3. The van der Waals surface area contributed by atoms with Crippen LogP contribution in [0.2, 0.25) is 0 Å². The molecular weight excluding hydrogens is 217 g/mol. The summed E-state index contributed by atoms with van der Waals surface area (Å²) in [5, 5.41) is 8.84. The number of hydrogen-bond donors (Lipinski definition) is 1. The lowest BCUT2D eigenvalue weighted by Crippen LogP contribution is -2.24. The Morgan fingerprint density at radius 3 is 2.50 bits per heavy atom. The zero-order chi connectivity index (χ0) is 11.8. The number of rotatable bonds is 2. The van der Waals surface area contributed by atoms with Crippen LogP contribution in [-0.2, 0) is 12.8 Å². The van der Waals surface area contributed by atoms with Crippen LogP contribution < -0.4 is 0 Å². The van der Waals surface area contributed by atoms with Gasteiger partial charge in [0.15, 0.2) is 0 Å². The molecule has 1 nitrogen and oxygen atoms in total. The first-order valence-electron chi connectivity index (χ1n) is 5.31. The lowest BCUT2D eigenvalue weighted by Gasteiger charge is -2.19. The number of halogens is 3. The highest BCUT2D eigenvalue weighted by molar-refractivity contribution is 5.37. The van der Waals surface area contributed by atoms with Crippen LogP contribution in [0.5, 0.6) is 0 Å². The summed E-state index contributed by atoms with van der Waals surface area (Å²) in [5.41, 5.74) is 2.32. The Balaban J connectivity index is 2.33. The van der Waals surface area contributed by atoms with Crippen LogP contribution in [0.4, 0.5) is 13.2 Å². The number of aliphatic hydroxyl groups is 1. The Morgan fingerprint density at radius 1 is 1.19 bits per heavy atom. The summed E-state index contributed by atoms with van der Waals surface area (Å²) in [5.74, 6) is -1.75. The van der Waals surface area contributed by atoms with Crippen molar-refractivity contribution in [3.63, 3.8) is 0 Å². The highest BCUT2D eigenvalue weighted by Crippen LogP contribution is 2.36. The average molecular weight is 230 g/mol. The average Bonchev–Trinajstić information content (AvgIpc) is 2.63. The van der Waals surface area contributed by atoms with Crippen molar-refractivity contribution in [2.24, 2.45) is 0 Å². The molecular formula is C12H13F3O. The number of aryl methyl sites for hydroxylation is 2. The Morgan fingerprint density at radius 2 is 1.88 bits per heavy atom. The van der Waals surface area contributed by atoms with Crippen molar-refractivity contribution in [2.45, 2.75) is 31.4 Å². The fraction of sp³-hybridized carbons (Fsp3) is 0.500. The lowest BCUT2D eigenvalue weighted by molar-refractivity contribution is -0.158. The minimum absolute atomic E-state index is 0.177. The maximum atomic E-state index is 12.6. The first-order valence-corrected chi connectivity index (χ1v) is 5.31. The number of fused-ring (bicyclic) bond motifs is 1. The maximum Gasteiger partial charge on any atom is 0.397 e. The molecule has 16 heavy (non-hydrogen) atoms. The predicted octanol–water partition coefficient (Wildman–Crippen LogP) is 2.81. The molecule has 0 aromatic heterocycles. The Bertz CT molecular complexity index is 384. The molecule has 1 unspecified atom stereocenters. The van der Waals surface area contributed by atoms with E-state index in [2.05, 4.69) is 0 Å². The molecule has 1 aliphatic rings. The standard InChI is InChI=1S/C12H13F3O/c13-12(14,15)11(7-16)10-5-4-8-2-1-3-9(8)6-10/h4-6,11,16H,1-3,7H2. The molecule has 1 atom stereocenters. The Kier molecular flexibility index (Phi) is 2.93. The Hall–Kier alpha value is -1.03. The van der Waals surface area contributed by atoms with Crippen LogP contribution in [-0.4, -0.2) is 17.9 Å². The smallest absolute Gasteiger partial charge is 0.395 e. The summed E-state index contributed by atoms with van der Waals surface area (Å²) in [7, 11) is 0. The third kappa shape index (κ3) is 2.07. The van der Waals surface area contributed by atoms with Gasteiger partial charge in [0.25, 0.3) is 0 Å². The van der Waals surface area contributed by atoms with Gasteiger partial charge in [-0.3, -0.25) is 0 Å². The van der Waals surface area contributed by atoms with E-state index in [9.17, 15) is 13.2 Å². The van der Waals surface area contributed by atoms with E-state index in [1.807, 2.05) is 0 Å². The van der Waals surface area contributed by atoms with Crippen LogP contribution in [0.3, 0.4) is 0 Å². The molecule has 0 aliphatic heterocycles. The van der Waals surface area contributed by atoms with Crippen molar-refractivity contribution in [1.82, 2.24) is 0 Å². The SMILES string of the molecule is OCC(c1ccc2c(c1)CCC2)C(F)(F)F. The monoisotopic (exact) mass is 230 g/mol. The topological polar surface area (TPSA) is 20.2 Å². The fourth-order valence-electron chi connectivity index (χ4n) is 2.21. The quantitative estimate of drug-likeness (QED) is 0.828. The molecule has 1 aliphatic carbocycles. The van der Waals surface area contributed by atoms with Gasteiger partial charge < -0.3 is 5.11 Å². The lowest BCUT2D eigenvalue weighted by atomic mass is 9.96. The van der Waals surface area contributed by atoms with Gasteiger partial charge in [0.2, 0.25) is 0 Å². The Labute approximate surface area is 91.9 Å². The highest BCUT2D eigenvalue weighted by atomic mass is 19.4. The highest BCUT2D eigenvalue weighted by Gasteiger charge is 2.40. The van der Waals surface area contributed by atoms with Crippen molar-refractivity contribution in [1.29, 1.82) is 0 Å². The van der Waals surface area contributed by atoms with E-state index in [4.69, 9.17) is 5.11 Å². The summed E-state index contributed by atoms with van der Waals surface area (Å²) in [4.78, 5) is 0. The van der Waals surface area contributed by atoms with E-state index in [0.717, 1.165) is 30.4 Å². The van der Waals surface area contributed by atoms with E-state index >= 15 is 0 Å². The summed E-state index contributed by atoms with van der Waals surface area (Å²) < 4.78 is 37.8. The molecule has 0 saturated heterocycles. The first-order chi connectivity index (χ1) is 7.52. The van der Waals surface area contributed by atoms with Gasteiger partial charge in [-0.25, -0.2) is 0 Å². The van der Waals surface area contributed by atoms with Crippen molar-refractivity contribution in [3.8, 4) is 0 Å². The molecule has 1 aromatic carbocycles. The second kappa shape index (κ2) is 4.09. The summed E-state index contributed by atoms with van der Waals surface area (Å²) in [6.07, 6.45) is -1.57. The molecule has 0 heterocycles. The molecule has 0 saturated carbocycles. The van der Waals surface area contributed by atoms with Gasteiger partial charge in [0.1, 0.15) is 5.92 Å². The van der Waals surface area contributed by atoms with Gasteiger partial charge in [-0.15, -0.1) is 0 Å². The summed E-state index contributed by atoms with van der Waals surface area (Å²) in [6.45, 7) is -0.887. The van der Waals surface area contributed by atoms with Crippen LogP contribution >= 0.6 is 0 Å². The normalized spacial score (nSPS) is 17.2. The zero-order valence-corrected chi connectivity index (χ0v) is 8.72. The summed E-state index contributed by atoms with van der Waals surface area (Å²) in [6, 6.07) is 4.83. The molecule has 4 heteroatoms. The van der Waals surface area contributed by atoms with Crippen LogP contribution in [0.15, 0.2) is 18.2 Å². The van der Waals surface area contributed by atoms with Crippen molar-refractivity contribution >= 4 is 0 Å². The molecule has 2 rings (SSSR count). The third-order valence-corrected chi connectivity index (χ3v) is 3.10. The van der Waals surface area contributed by atoms with E-state index in [0.29, 0.717) is 0 Å². The largest absolute Gasteiger partial charge is 0.397 e. The number of benzene rings is 1. The zero-order valence-electron chi connectivity index (χ0n) is 8.72.